The number of nitrogens with two attached hydrogens (primary N) is 1. The van der Waals surface area contributed by atoms with Crippen LogP contribution in [0.15, 0.2) is 0 Å². The van der Waals surface area contributed by atoms with Crippen molar-refractivity contribution in [3.63, 3.8) is 0 Å². The molecule has 108 valence electrons. The predicted octanol–water partition coefficient (Wildman–Crippen LogP) is 5.14. The van der Waals surface area contributed by atoms with E-state index in [1.54, 1.807) is 0 Å². The minimum absolute atomic E-state index is 0.256. The average molecular weight is 253 g/mol. The second-order valence-electron chi connectivity index (χ2n) is 8.19. The lowest BCUT2D eigenvalue weighted by atomic mass is 9.68. The maximum absolute atomic E-state index is 6.33. The van der Waals surface area contributed by atoms with Gasteiger partial charge in [0.25, 0.3) is 0 Å². The third kappa shape index (κ3) is 4.91. The van der Waals surface area contributed by atoms with Crippen molar-refractivity contribution in [1.82, 2.24) is 0 Å². The Morgan fingerprint density at radius 1 is 1.11 bits per heavy atom. The summed E-state index contributed by atoms with van der Waals surface area (Å²) in [6, 6.07) is 0.346. The summed E-state index contributed by atoms with van der Waals surface area (Å²) in [5.41, 5.74) is 7.11. The molecule has 1 heteroatoms. The van der Waals surface area contributed by atoms with Gasteiger partial charge in [-0.15, -0.1) is 0 Å². The lowest BCUT2D eigenvalue weighted by Gasteiger charge is -2.38. The summed E-state index contributed by atoms with van der Waals surface area (Å²) >= 11 is 0. The van der Waals surface area contributed by atoms with E-state index in [0.29, 0.717) is 11.5 Å². The summed E-state index contributed by atoms with van der Waals surface area (Å²) in [5.74, 6) is 0.881. The van der Waals surface area contributed by atoms with E-state index in [0.717, 1.165) is 5.92 Å². The summed E-state index contributed by atoms with van der Waals surface area (Å²) in [7, 11) is 0. The topological polar surface area (TPSA) is 26.0 Å². The van der Waals surface area contributed by atoms with E-state index in [1.807, 2.05) is 0 Å². The van der Waals surface area contributed by atoms with Gasteiger partial charge in [-0.1, -0.05) is 60.3 Å². The van der Waals surface area contributed by atoms with Crippen LogP contribution in [0.1, 0.15) is 86.0 Å². The normalized spacial score (nSPS) is 27.3. The van der Waals surface area contributed by atoms with Crippen molar-refractivity contribution in [2.24, 2.45) is 22.5 Å². The predicted molar refractivity (Wildman–Crippen MR) is 81.6 cm³/mol. The van der Waals surface area contributed by atoms with E-state index in [9.17, 15) is 0 Å². The molecule has 0 saturated heterocycles. The zero-order valence-corrected chi connectivity index (χ0v) is 13.4. The van der Waals surface area contributed by atoms with Crippen LogP contribution in [-0.4, -0.2) is 6.04 Å². The Bertz CT molecular complexity index is 236. The number of rotatable bonds is 3. The second-order valence-corrected chi connectivity index (χ2v) is 8.19. The Hall–Kier alpha value is -0.0400. The smallest absolute Gasteiger partial charge is 0.00877 e. The Kier molecular flexibility index (Phi) is 5.70. The van der Waals surface area contributed by atoms with Crippen LogP contribution < -0.4 is 5.73 Å². The molecule has 0 amide bonds. The molecule has 18 heavy (non-hydrogen) atoms. The van der Waals surface area contributed by atoms with Gasteiger partial charge >= 0.3 is 0 Å². The van der Waals surface area contributed by atoms with Crippen molar-refractivity contribution < 1.29 is 0 Å². The molecule has 0 spiro atoms. The molecule has 0 bridgehead atoms. The second kappa shape index (κ2) is 6.41. The Balaban J connectivity index is 2.51. The summed E-state index contributed by atoms with van der Waals surface area (Å²) < 4.78 is 0. The van der Waals surface area contributed by atoms with Gasteiger partial charge in [0.05, 0.1) is 0 Å². The zero-order chi connectivity index (χ0) is 13.8. The van der Waals surface area contributed by atoms with Crippen molar-refractivity contribution in [3.05, 3.63) is 0 Å². The van der Waals surface area contributed by atoms with E-state index in [2.05, 4.69) is 34.6 Å². The molecule has 0 heterocycles. The summed E-state index contributed by atoms with van der Waals surface area (Å²) in [6.07, 6.45) is 11.1. The first-order chi connectivity index (χ1) is 8.23. The van der Waals surface area contributed by atoms with E-state index in [1.165, 1.54) is 51.4 Å². The summed E-state index contributed by atoms with van der Waals surface area (Å²) in [6.45, 7) is 11.8. The van der Waals surface area contributed by atoms with Gasteiger partial charge in [0.2, 0.25) is 0 Å². The number of hydrogen-bond acceptors (Lipinski definition) is 1. The molecule has 0 radical (unpaired) electrons. The lowest BCUT2D eigenvalue weighted by molar-refractivity contribution is 0.139. The van der Waals surface area contributed by atoms with Crippen molar-refractivity contribution in [1.29, 1.82) is 0 Å². The standard InChI is InChI=1S/C17H35N/c1-16(2,3)15(18)12-11-14-10-8-6-7-9-13-17(14,4)5/h14-15H,6-13,18H2,1-5H3. The Morgan fingerprint density at radius 3 is 2.33 bits per heavy atom. The van der Waals surface area contributed by atoms with Crippen molar-refractivity contribution >= 4 is 0 Å². The van der Waals surface area contributed by atoms with Crippen LogP contribution in [0.3, 0.4) is 0 Å². The Morgan fingerprint density at radius 2 is 1.72 bits per heavy atom. The molecule has 2 unspecified atom stereocenters. The molecular formula is C17H35N. The molecule has 0 aromatic rings. The lowest BCUT2D eigenvalue weighted by Crippen LogP contribution is -2.36. The third-order valence-electron chi connectivity index (χ3n) is 5.17. The van der Waals surface area contributed by atoms with Crippen molar-refractivity contribution in [2.75, 3.05) is 0 Å². The van der Waals surface area contributed by atoms with E-state index >= 15 is 0 Å². The minimum Gasteiger partial charge on any atom is -0.327 e. The fraction of sp³-hybridized carbons (Fsp3) is 1.00. The van der Waals surface area contributed by atoms with Crippen LogP contribution in [0.25, 0.3) is 0 Å². The van der Waals surface area contributed by atoms with Crippen molar-refractivity contribution in [3.8, 4) is 0 Å². The molecule has 2 N–H and O–H groups in total. The molecule has 0 aromatic carbocycles. The van der Waals surface area contributed by atoms with Gasteiger partial charge in [-0.2, -0.15) is 0 Å². The molecule has 1 saturated carbocycles. The van der Waals surface area contributed by atoms with Crippen LogP contribution in [0.2, 0.25) is 0 Å². The van der Waals surface area contributed by atoms with E-state index in [-0.39, 0.29) is 5.41 Å². The fourth-order valence-corrected chi connectivity index (χ4v) is 3.27. The van der Waals surface area contributed by atoms with Crippen LogP contribution in [0, 0.1) is 16.7 Å². The Labute approximate surface area is 115 Å². The van der Waals surface area contributed by atoms with Crippen LogP contribution in [0.4, 0.5) is 0 Å². The van der Waals surface area contributed by atoms with Crippen LogP contribution >= 0.6 is 0 Å². The molecule has 1 aliphatic rings. The SMILES string of the molecule is CC(C)(C)C(N)CCC1CCCCCCC1(C)C. The highest BCUT2D eigenvalue weighted by Gasteiger charge is 2.31. The molecule has 1 fully saturated rings. The van der Waals surface area contributed by atoms with Crippen LogP contribution in [0.5, 0.6) is 0 Å². The van der Waals surface area contributed by atoms with Gasteiger partial charge in [-0.25, -0.2) is 0 Å². The maximum atomic E-state index is 6.33. The molecule has 1 rings (SSSR count). The largest absolute Gasteiger partial charge is 0.327 e. The summed E-state index contributed by atoms with van der Waals surface area (Å²) in [4.78, 5) is 0. The van der Waals surface area contributed by atoms with Gasteiger partial charge in [-0.3, -0.25) is 0 Å². The number of hydrogen-bond donors (Lipinski definition) is 1. The first kappa shape index (κ1) is 16.0. The minimum atomic E-state index is 0.256. The fourth-order valence-electron chi connectivity index (χ4n) is 3.27. The van der Waals surface area contributed by atoms with Gasteiger partial charge < -0.3 is 5.73 Å². The van der Waals surface area contributed by atoms with Gasteiger partial charge in [0, 0.05) is 6.04 Å². The molecule has 1 nitrogen and oxygen atoms in total. The van der Waals surface area contributed by atoms with Crippen molar-refractivity contribution in [2.45, 2.75) is 92.0 Å². The molecular weight excluding hydrogens is 218 g/mol. The van der Waals surface area contributed by atoms with Gasteiger partial charge in [-0.05, 0) is 42.4 Å². The molecule has 2 atom stereocenters. The van der Waals surface area contributed by atoms with E-state index in [4.69, 9.17) is 5.73 Å². The maximum Gasteiger partial charge on any atom is 0.00877 e. The monoisotopic (exact) mass is 253 g/mol. The zero-order valence-electron chi connectivity index (χ0n) is 13.4. The highest BCUT2D eigenvalue weighted by molar-refractivity contribution is 4.84. The third-order valence-corrected chi connectivity index (χ3v) is 5.17. The molecule has 0 aliphatic heterocycles. The summed E-state index contributed by atoms with van der Waals surface area (Å²) in [5, 5.41) is 0. The van der Waals surface area contributed by atoms with Gasteiger partial charge in [0.1, 0.15) is 0 Å². The average Bonchev–Trinajstić information content (AvgIpc) is 2.22. The molecule has 1 aliphatic carbocycles. The van der Waals surface area contributed by atoms with E-state index < -0.39 is 0 Å². The highest BCUT2D eigenvalue weighted by Crippen LogP contribution is 2.41. The highest BCUT2D eigenvalue weighted by atomic mass is 14.7. The molecule has 0 aromatic heterocycles. The van der Waals surface area contributed by atoms with Gasteiger partial charge in [0.15, 0.2) is 0 Å². The first-order valence-electron chi connectivity index (χ1n) is 7.99. The van der Waals surface area contributed by atoms with Crippen LogP contribution in [-0.2, 0) is 0 Å². The first-order valence-corrected chi connectivity index (χ1v) is 7.99. The quantitative estimate of drug-likeness (QED) is 0.740.